The van der Waals surface area contributed by atoms with Crippen LogP contribution in [0.25, 0.3) is 22.0 Å². The van der Waals surface area contributed by atoms with Gasteiger partial charge >= 0.3 is 12.1 Å². The van der Waals surface area contributed by atoms with E-state index in [1.54, 1.807) is 17.0 Å². The van der Waals surface area contributed by atoms with E-state index in [-0.39, 0.29) is 11.7 Å². The minimum atomic E-state index is -5.13. The number of alkyl halides is 3. The smallest absolute Gasteiger partial charge is 0.420 e. The predicted octanol–water partition coefficient (Wildman–Crippen LogP) is 4.80. The van der Waals surface area contributed by atoms with Gasteiger partial charge in [-0.3, -0.25) is 9.69 Å². The summed E-state index contributed by atoms with van der Waals surface area (Å²) in [7, 11) is 0. The summed E-state index contributed by atoms with van der Waals surface area (Å²) in [5.74, 6) is -1.95. The standard InChI is InChI=1S/C29H23F3N4O4/c30-29(31,32)27(38)40-22-7-3-6-20(17-22)24-23-10-11-36(25(23)34-28(33-24)35-12-14-39-15-13-35)26(37)21-9-8-18-4-1-2-5-19(18)16-21/h1-9,16-17H,10-15H2. The molecule has 0 saturated carbocycles. The largest absolute Gasteiger partial charge is 0.491 e. The normalized spacial score (nSPS) is 15.3. The number of hydrogen-bond donors (Lipinski definition) is 0. The van der Waals surface area contributed by atoms with Crippen molar-refractivity contribution in [1.82, 2.24) is 9.97 Å². The summed E-state index contributed by atoms with van der Waals surface area (Å²) >= 11 is 0. The first-order valence-corrected chi connectivity index (χ1v) is 12.7. The van der Waals surface area contributed by atoms with Gasteiger partial charge < -0.3 is 14.4 Å². The van der Waals surface area contributed by atoms with Gasteiger partial charge in [0.15, 0.2) is 0 Å². The lowest BCUT2D eigenvalue weighted by atomic mass is 10.1. The molecule has 0 spiro atoms. The Morgan fingerprint density at radius 2 is 1.65 bits per heavy atom. The highest BCUT2D eigenvalue weighted by Gasteiger charge is 2.41. The molecule has 4 aromatic rings. The number of carbonyl (C=O) groups is 2. The van der Waals surface area contributed by atoms with Crippen LogP contribution in [0.4, 0.5) is 24.9 Å². The summed E-state index contributed by atoms with van der Waals surface area (Å²) < 4.78 is 48.4. The molecule has 0 aliphatic carbocycles. The number of morpholine rings is 1. The van der Waals surface area contributed by atoms with Crippen molar-refractivity contribution < 1.29 is 32.2 Å². The van der Waals surface area contributed by atoms with Crippen molar-refractivity contribution in [3.63, 3.8) is 0 Å². The highest BCUT2D eigenvalue weighted by atomic mass is 19.4. The molecule has 3 heterocycles. The van der Waals surface area contributed by atoms with Gasteiger partial charge in [-0.15, -0.1) is 0 Å². The van der Waals surface area contributed by atoms with Crippen LogP contribution in [0.1, 0.15) is 15.9 Å². The third kappa shape index (κ3) is 4.95. The van der Waals surface area contributed by atoms with Gasteiger partial charge in [0.05, 0.1) is 18.9 Å². The molecule has 204 valence electrons. The van der Waals surface area contributed by atoms with Crippen LogP contribution < -0.4 is 14.5 Å². The molecule has 0 atom stereocenters. The van der Waals surface area contributed by atoms with Gasteiger partial charge in [-0.1, -0.05) is 42.5 Å². The van der Waals surface area contributed by atoms with Crippen LogP contribution in [0.2, 0.25) is 0 Å². The summed E-state index contributed by atoms with van der Waals surface area (Å²) in [6.45, 7) is 2.41. The number of esters is 1. The average Bonchev–Trinajstić information content (AvgIpc) is 3.40. The molecule has 8 nitrogen and oxygen atoms in total. The Hall–Kier alpha value is -4.51. The lowest BCUT2D eigenvalue weighted by Crippen LogP contribution is -2.38. The van der Waals surface area contributed by atoms with E-state index in [2.05, 4.69) is 4.74 Å². The average molecular weight is 549 g/mol. The molecule has 0 radical (unpaired) electrons. The molecule has 0 unspecified atom stereocenters. The lowest BCUT2D eigenvalue weighted by molar-refractivity contribution is -0.189. The van der Waals surface area contributed by atoms with Crippen LogP contribution in [0.5, 0.6) is 5.75 Å². The third-order valence-electron chi connectivity index (χ3n) is 6.90. The van der Waals surface area contributed by atoms with Crippen molar-refractivity contribution in [3.8, 4) is 17.0 Å². The molecule has 11 heteroatoms. The van der Waals surface area contributed by atoms with E-state index >= 15 is 0 Å². The van der Waals surface area contributed by atoms with Crippen molar-refractivity contribution in [2.75, 3.05) is 42.6 Å². The minimum absolute atomic E-state index is 0.213. The van der Waals surface area contributed by atoms with Crippen LogP contribution >= 0.6 is 0 Å². The van der Waals surface area contributed by atoms with E-state index in [1.807, 2.05) is 41.3 Å². The van der Waals surface area contributed by atoms with Gasteiger partial charge in [0.1, 0.15) is 11.6 Å². The number of amides is 1. The highest BCUT2D eigenvalue weighted by molar-refractivity contribution is 6.09. The Labute approximate surface area is 227 Å². The first-order valence-electron chi connectivity index (χ1n) is 12.7. The molecule has 0 bridgehead atoms. The van der Waals surface area contributed by atoms with Crippen molar-refractivity contribution in [1.29, 1.82) is 0 Å². The van der Waals surface area contributed by atoms with Crippen LogP contribution in [0.15, 0.2) is 66.7 Å². The van der Waals surface area contributed by atoms with Gasteiger partial charge in [-0.2, -0.15) is 18.2 Å². The molecule has 1 amide bonds. The summed E-state index contributed by atoms with van der Waals surface area (Å²) in [5.41, 5.74) is 2.11. The molecular formula is C29H23F3N4O4. The van der Waals surface area contributed by atoms with E-state index in [4.69, 9.17) is 14.7 Å². The fraction of sp³-hybridized carbons (Fsp3) is 0.241. The first-order chi connectivity index (χ1) is 19.3. The van der Waals surface area contributed by atoms with Crippen molar-refractivity contribution in [2.45, 2.75) is 12.6 Å². The Kier molecular flexibility index (Phi) is 6.59. The molecule has 2 aliphatic rings. The van der Waals surface area contributed by atoms with Gasteiger partial charge in [0.2, 0.25) is 5.95 Å². The Morgan fingerprint density at radius 1 is 0.875 bits per heavy atom. The zero-order valence-electron chi connectivity index (χ0n) is 21.1. The van der Waals surface area contributed by atoms with Crippen LogP contribution in [-0.2, 0) is 16.0 Å². The SMILES string of the molecule is O=C(c1ccc2ccccc2c1)N1CCc2c(-c3cccc(OC(=O)C(F)(F)F)c3)nc(N3CCOCC3)nc21. The molecule has 1 saturated heterocycles. The van der Waals surface area contributed by atoms with Crippen LogP contribution in [0.3, 0.4) is 0 Å². The van der Waals surface area contributed by atoms with Crippen LogP contribution in [0, 0.1) is 0 Å². The molecule has 3 aromatic carbocycles. The molecule has 1 aromatic heterocycles. The summed E-state index contributed by atoms with van der Waals surface area (Å²) in [4.78, 5) is 38.3. The summed E-state index contributed by atoms with van der Waals surface area (Å²) in [6, 6.07) is 19.1. The quantitative estimate of drug-likeness (QED) is 0.268. The zero-order chi connectivity index (χ0) is 27.9. The lowest BCUT2D eigenvalue weighted by Gasteiger charge is -2.28. The first kappa shape index (κ1) is 25.8. The van der Waals surface area contributed by atoms with Gasteiger partial charge in [-0.05, 0) is 41.5 Å². The monoisotopic (exact) mass is 548 g/mol. The maximum atomic E-state index is 13.7. The number of aromatic nitrogens is 2. The second kappa shape index (κ2) is 10.2. The Balaban J connectivity index is 1.41. The maximum Gasteiger partial charge on any atom is 0.491 e. The van der Waals surface area contributed by atoms with Crippen molar-refractivity contribution >= 4 is 34.4 Å². The number of carbonyl (C=O) groups excluding carboxylic acids is 2. The maximum absolute atomic E-state index is 13.7. The van der Waals surface area contributed by atoms with Gasteiger partial charge in [0.25, 0.3) is 5.91 Å². The van der Waals surface area contributed by atoms with E-state index < -0.39 is 12.1 Å². The second-order valence-electron chi connectivity index (χ2n) is 9.46. The van der Waals surface area contributed by atoms with E-state index in [1.165, 1.54) is 18.2 Å². The predicted molar refractivity (Wildman–Crippen MR) is 142 cm³/mol. The number of anilines is 2. The van der Waals surface area contributed by atoms with E-state index in [9.17, 15) is 22.8 Å². The fourth-order valence-electron chi connectivity index (χ4n) is 4.93. The molecule has 2 aliphatic heterocycles. The second-order valence-corrected chi connectivity index (χ2v) is 9.46. The molecule has 1 fully saturated rings. The highest BCUT2D eigenvalue weighted by Crippen LogP contribution is 2.37. The summed E-state index contributed by atoms with van der Waals surface area (Å²) in [6.07, 6.45) is -4.68. The molecule has 6 rings (SSSR count). The Morgan fingerprint density at radius 3 is 2.42 bits per heavy atom. The van der Waals surface area contributed by atoms with E-state index in [0.29, 0.717) is 73.4 Å². The van der Waals surface area contributed by atoms with Gasteiger partial charge in [-0.25, -0.2) is 9.78 Å². The van der Waals surface area contributed by atoms with Crippen LogP contribution in [-0.4, -0.2) is 60.9 Å². The van der Waals surface area contributed by atoms with Crippen molar-refractivity contribution in [2.24, 2.45) is 0 Å². The molecule has 40 heavy (non-hydrogen) atoms. The zero-order valence-corrected chi connectivity index (χ0v) is 21.1. The molecular weight excluding hydrogens is 525 g/mol. The number of fused-ring (bicyclic) bond motifs is 2. The number of hydrogen-bond acceptors (Lipinski definition) is 7. The topological polar surface area (TPSA) is 84.9 Å². The number of benzene rings is 3. The fourth-order valence-corrected chi connectivity index (χ4v) is 4.93. The minimum Gasteiger partial charge on any atom is -0.420 e. The van der Waals surface area contributed by atoms with Crippen molar-refractivity contribution in [3.05, 3.63) is 77.9 Å². The number of rotatable bonds is 4. The third-order valence-corrected chi connectivity index (χ3v) is 6.90. The number of halogens is 3. The number of nitrogens with zero attached hydrogens (tertiary/aromatic N) is 4. The van der Waals surface area contributed by atoms with Gasteiger partial charge in [0, 0.05) is 36.3 Å². The summed E-state index contributed by atoms with van der Waals surface area (Å²) in [5, 5.41) is 1.96. The number of ether oxygens (including phenoxy) is 2. The van der Waals surface area contributed by atoms with E-state index in [0.717, 1.165) is 10.8 Å². The molecule has 0 N–H and O–H groups in total. The Bertz CT molecular complexity index is 1620.